The Balaban J connectivity index is 2.18. The van der Waals surface area contributed by atoms with Crippen molar-refractivity contribution in [3.63, 3.8) is 0 Å². The number of hydrogen-bond acceptors (Lipinski definition) is 3. The molecule has 0 spiro atoms. The first-order valence-electron chi connectivity index (χ1n) is 5.19. The van der Waals surface area contributed by atoms with Gasteiger partial charge in [0.15, 0.2) is 0 Å². The smallest absolute Gasteiger partial charge is 0.224 e. The molecule has 0 bridgehead atoms. The van der Waals surface area contributed by atoms with E-state index in [1.807, 2.05) is 11.6 Å². The van der Waals surface area contributed by atoms with E-state index < -0.39 is 0 Å². The highest BCUT2D eigenvalue weighted by atomic mass is 15.4. The third kappa shape index (κ3) is 1.61. The molecule has 0 radical (unpaired) electrons. The van der Waals surface area contributed by atoms with Crippen LogP contribution >= 0.6 is 0 Å². The molecular formula is C10H18N4. The summed E-state index contributed by atoms with van der Waals surface area (Å²) in [5.41, 5.74) is 0.273. The topological polar surface area (TPSA) is 42.7 Å². The quantitative estimate of drug-likeness (QED) is 0.799. The lowest BCUT2D eigenvalue weighted by Crippen LogP contribution is -2.19. The van der Waals surface area contributed by atoms with Crippen molar-refractivity contribution in [2.45, 2.75) is 45.1 Å². The van der Waals surface area contributed by atoms with Crippen LogP contribution in [0.25, 0.3) is 0 Å². The van der Waals surface area contributed by atoms with Crippen molar-refractivity contribution in [2.75, 3.05) is 5.32 Å². The van der Waals surface area contributed by atoms with Gasteiger partial charge >= 0.3 is 0 Å². The molecule has 1 N–H and O–H groups in total. The number of hydrogen-bond donors (Lipinski definition) is 1. The number of rotatable bonds is 3. The molecule has 0 aliphatic heterocycles. The van der Waals surface area contributed by atoms with Crippen molar-refractivity contribution in [1.82, 2.24) is 14.8 Å². The summed E-state index contributed by atoms with van der Waals surface area (Å²) in [5, 5.41) is 11.8. The average molecular weight is 194 g/mol. The van der Waals surface area contributed by atoms with Crippen LogP contribution in [-0.2, 0) is 7.05 Å². The molecule has 1 aromatic heterocycles. The summed E-state index contributed by atoms with van der Waals surface area (Å²) in [6.45, 7) is 6.48. The minimum absolute atomic E-state index is 0.273. The van der Waals surface area contributed by atoms with Crippen LogP contribution < -0.4 is 5.32 Å². The predicted molar refractivity (Wildman–Crippen MR) is 56.4 cm³/mol. The third-order valence-electron chi connectivity index (χ3n) is 2.84. The SMILES string of the molecule is CC(C)c1nnc(NC2(C)CC2)n1C. The minimum atomic E-state index is 0.273. The van der Waals surface area contributed by atoms with Gasteiger partial charge in [0.25, 0.3) is 0 Å². The first-order valence-corrected chi connectivity index (χ1v) is 5.19. The summed E-state index contributed by atoms with van der Waals surface area (Å²) in [4.78, 5) is 0. The van der Waals surface area contributed by atoms with Gasteiger partial charge in [-0.1, -0.05) is 13.8 Å². The highest BCUT2D eigenvalue weighted by Gasteiger charge is 2.38. The zero-order valence-corrected chi connectivity index (χ0v) is 9.33. The van der Waals surface area contributed by atoms with Crippen LogP contribution in [0, 0.1) is 0 Å². The molecule has 14 heavy (non-hydrogen) atoms. The van der Waals surface area contributed by atoms with Crippen LogP contribution in [0.5, 0.6) is 0 Å². The summed E-state index contributed by atoms with van der Waals surface area (Å²) in [6, 6.07) is 0. The van der Waals surface area contributed by atoms with E-state index in [-0.39, 0.29) is 5.54 Å². The monoisotopic (exact) mass is 194 g/mol. The Hall–Kier alpha value is -1.06. The molecule has 1 aliphatic carbocycles. The summed E-state index contributed by atoms with van der Waals surface area (Å²) in [7, 11) is 2.02. The number of nitrogens with one attached hydrogen (secondary N) is 1. The standard InChI is InChI=1S/C10H18N4/c1-7(2)8-12-13-9(14(8)4)11-10(3)5-6-10/h7H,5-6H2,1-4H3,(H,11,13). The first-order chi connectivity index (χ1) is 6.52. The van der Waals surface area contributed by atoms with Gasteiger partial charge in [-0.15, -0.1) is 10.2 Å². The normalized spacial score (nSPS) is 18.6. The maximum Gasteiger partial charge on any atom is 0.224 e. The van der Waals surface area contributed by atoms with Crippen molar-refractivity contribution >= 4 is 5.95 Å². The number of aromatic nitrogens is 3. The fourth-order valence-electron chi connectivity index (χ4n) is 1.54. The van der Waals surface area contributed by atoms with E-state index in [0.717, 1.165) is 11.8 Å². The number of anilines is 1. The van der Waals surface area contributed by atoms with Gasteiger partial charge in [0, 0.05) is 18.5 Å². The van der Waals surface area contributed by atoms with Crippen LogP contribution in [-0.4, -0.2) is 20.3 Å². The molecule has 1 aromatic rings. The van der Waals surface area contributed by atoms with Crippen molar-refractivity contribution in [1.29, 1.82) is 0 Å². The lowest BCUT2D eigenvalue weighted by molar-refractivity contribution is 0.703. The molecule has 0 atom stereocenters. The van der Waals surface area contributed by atoms with E-state index in [1.165, 1.54) is 12.8 Å². The minimum Gasteiger partial charge on any atom is -0.349 e. The molecule has 78 valence electrons. The highest BCUT2D eigenvalue weighted by molar-refractivity contribution is 5.33. The molecule has 0 saturated heterocycles. The Morgan fingerprint density at radius 1 is 1.36 bits per heavy atom. The van der Waals surface area contributed by atoms with Crippen LogP contribution in [0.15, 0.2) is 0 Å². The van der Waals surface area contributed by atoms with Gasteiger partial charge in [-0.25, -0.2) is 0 Å². The summed E-state index contributed by atoms with van der Waals surface area (Å²) in [6.07, 6.45) is 2.47. The number of nitrogens with zero attached hydrogens (tertiary/aromatic N) is 3. The Bertz CT molecular complexity index is 336. The van der Waals surface area contributed by atoms with Gasteiger partial charge in [0.1, 0.15) is 5.82 Å². The molecule has 1 heterocycles. The van der Waals surface area contributed by atoms with Gasteiger partial charge in [-0.2, -0.15) is 0 Å². The largest absolute Gasteiger partial charge is 0.349 e. The van der Waals surface area contributed by atoms with E-state index in [2.05, 4.69) is 36.3 Å². The second-order valence-corrected chi connectivity index (χ2v) is 4.78. The van der Waals surface area contributed by atoms with Crippen LogP contribution in [0.4, 0.5) is 5.95 Å². The Morgan fingerprint density at radius 3 is 2.43 bits per heavy atom. The maximum atomic E-state index is 4.18. The van der Waals surface area contributed by atoms with Crippen LogP contribution in [0.2, 0.25) is 0 Å². The molecular weight excluding hydrogens is 176 g/mol. The van der Waals surface area contributed by atoms with Crippen molar-refractivity contribution in [3.05, 3.63) is 5.82 Å². The molecule has 0 unspecified atom stereocenters. The molecule has 1 saturated carbocycles. The van der Waals surface area contributed by atoms with Gasteiger partial charge < -0.3 is 9.88 Å². The van der Waals surface area contributed by atoms with Gasteiger partial charge in [-0.05, 0) is 19.8 Å². The maximum absolute atomic E-state index is 4.18. The molecule has 2 rings (SSSR count). The van der Waals surface area contributed by atoms with Crippen LogP contribution in [0.3, 0.4) is 0 Å². The van der Waals surface area contributed by atoms with Gasteiger partial charge in [0.05, 0.1) is 0 Å². The van der Waals surface area contributed by atoms with Crippen molar-refractivity contribution in [3.8, 4) is 0 Å². The zero-order valence-electron chi connectivity index (χ0n) is 9.33. The lowest BCUT2D eigenvalue weighted by Gasteiger charge is -2.12. The van der Waals surface area contributed by atoms with E-state index in [4.69, 9.17) is 0 Å². The molecule has 1 fully saturated rings. The van der Waals surface area contributed by atoms with E-state index >= 15 is 0 Å². The summed E-state index contributed by atoms with van der Waals surface area (Å²) < 4.78 is 2.05. The van der Waals surface area contributed by atoms with E-state index in [1.54, 1.807) is 0 Å². The molecule has 1 aliphatic rings. The zero-order chi connectivity index (χ0) is 10.3. The fraction of sp³-hybridized carbons (Fsp3) is 0.800. The second-order valence-electron chi connectivity index (χ2n) is 4.78. The molecule has 0 amide bonds. The molecule has 4 heteroatoms. The Morgan fingerprint density at radius 2 is 2.00 bits per heavy atom. The summed E-state index contributed by atoms with van der Waals surface area (Å²) >= 11 is 0. The Labute approximate surface area is 84.7 Å². The predicted octanol–water partition coefficient (Wildman–Crippen LogP) is 1.90. The van der Waals surface area contributed by atoms with E-state index in [9.17, 15) is 0 Å². The molecule has 0 aromatic carbocycles. The lowest BCUT2D eigenvalue weighted by atomic mass is 10.2. The van der Waals surface area contributed by atoms with Gasteiger partial charge in [-0.3, -0.25) is 0 Å². The third-order valence-corrected chi connectivity index (χ3v) is 2.84. The van der Waals surface area contributed by atoms with Crippen LogP contribution in [0.1, 0.15) is 45.4 Å². The second kappa shape index (κ2) is 2.97. The summed E-state index contributed by atoms with van der Waals surface area (Å²) in [5.74, 6) is 2.36. The van der Waals surface area contributed by atoms with Gasteiger partial charge in [0.2, 0.25) is 5.95 Å². The van der Waals surface area contributed by atoms with Crippen molar-refractivity contribution < 1.29 is 0 Å². The first kappa shape index (κ1) is 9.49. The molecule has 4 nitrogen and oxygen atoms in total. The van der Waals surface area contributed by atoms with Crippen molar-refractivity contribution in [2.24, 2.45) is 7.05 Å². The average Bonchev–Trinajstić information content (AvgIpc) is 2.70. The fourth-order valence-corrected chi connectivity index (χ4v) is 1.54. The highest BCUT2D eigenvalue weighted by Crippen LogP contribution is 2.37. The Kier molecular flexibility index (Phi) is 2.01. The van der Waals surface area contributed by atoms with E-state index in [0.29, 0.717) is 5.92 Å².